The van der Waals surface area contributed by atoms with E-state index in [2.05, 4.69) is 10.6 Å². The summed E-state index contributed by atoms with van der Waals surface area (Å²) in [5.74, 6) is -0.127. The molecule has 0 bridgehead atoms. The van der Waals surface area contributed by atoms with E-state index in [0.717, 1.165) is 0 Å². The fourth-order valence-electron chi connectivity index (χ4n) is 0.953. The summed E-state index contributed by atoms with van der Waals surface area (Å²) in [4.78, 5) is 11.0. The lowest BCUT2D eigenvalue weighted by Crippen LogP contribution is -2.24. The Hall–Kier alpha value is -1.78. The van der Waals surface area contributed by atoms with Gasteiger partial charge in [-0.05, 0) is 12.1 Å². The Morgan fingerprint density at radius 3 is 2.79 bits per heavy atom. The fourth-order valence-corrected chi connectivity index (χ4v) is 0.953. The van der Waals surface area contributed by atoms with Gasteiger partial charge in [-0.2, -0.15) is 0 Å². The van der Waals surface area contributed by atoms with Gasteiger partial charge in [-0.25, -0.2) is 9.18 Å². The molecule has 0 saturated heterocycles. The van der Waals surface area contributed by atoms with Crippen molar-refractivity contribution in [2.75, 3.05) is 19.5 Å². The second-order valence-electron chi connectivity index (χ2n) is 2.55. The highest BCUT2D eigenvalue weighted by Crippen LogP contribution is 2.24. The van der Waals surface area contributed by atoms with Crippen LogP contribution in [0.1, 0.15) is 0 Å². The molecule has 76 valence electrons. The smallest absolute Gasteiger partial charge is 0.319 e. The second-order valence-corrected chi connectivity index (χ2v) is 2.55. The first-order chi connectivity index (χ1) is 6.67. The zero-order valence-electron chi connectivity index (χ0n) is 7.93. The maximum atomic E-state index is 12.7. The number of hydrogen-bond donors (Lipinski definition) is 2. The Labute approximate surface area is 81.1 Å². The van der Waals surface area contributed by atoms with Crippen LogP contribution < -0.4 is 15.4 Å². The van der Waals surface area contributed by atoms with Crippen LogP contribution in [0.15, 0.2) is 18.2 Å². The number of hydrogen-bond acceptors (Lipinski definition) is 2. The lowest BCUT2D eigenvalue weighted by atomic mass is 10.3. The Balaban J connectivity index is 2.90. The molecule has 0 saturated carbocycles. The molecule has 0 aliphatic heterocycles. The summed E-state index contributed by atoms with van der Waals surface area (Å²) in [6.45, 7) is 0. The average molecular weight is 198 g/mol. The number of amides is 2. The molecule has 5 heteroatoms. The summed E-state index contributed by atoms with van der Waals surface area (Å²) in [6, 6.07) is 3.50. The van der Waals surface area contributed by atoms with Gasteiger partial charge in [-0.15, -0.1) is 0 Å². The quantitative estimate of drug-likeness (QED) is 0.758. The molecule has 14 heavy (non-hydrogen) atoms. The van der Waals surface area contributed by atoms with Gasteiger partial charge in [0.2, 0.25) is 0 Å². The van der Waals surface area contributed by atoms with Gasteiger partial charge < -0.3 is 15.4 Å². The van der Waals surface area contributed by atoms with Gasteiger partial charge in [0.05, 0.1) is 12.8 Å². The van der Waals surface area contributed by atoms with Gasteiger partial charge in [0.15, 0.2) is 0 Å². The van der Waals surface area contributed by atoms with Crippen LogP contribution in [0, 0.1) is 5.82 Å². The van der Waals surface area contributed by atoms with Crippen molar-refractivity contribution in [1.29, 1.82) is 0 Å². The third-order valence-corrected chi connectivity index (χ3v) is 1.64. The predicted molar refractivity (Wildman–Crippen MR) is 51.0 cm³/mol. The minimum atomic E-state index is -0.413. The summed E-state index contributed by atoms with van der Waals surface area (Å²) >= 11 is 0. The zero-order valence-corrected chi connectivity index (χ0v) is 7.93. The van der Waals surface area contributed by atoms with Crippen molar-refractivity contribution in [3.05, 3.63) is 24.0 Å². The highest BCUT2D eigenvalue weighted by molar-refractivity contribution is 5.90. The molecule has 2 amide bonds. The summed E-state index contributed by atoms with van der Waals surface area (Å²) in [6.07, 6.45) is 0. The molecule has 0 heterocycles. The van der Waals surface area contributed by atoms with Crippen molar-refractivity contribution in [1.82, 2.24) is 5.32 Å². The Morgan fingerprint density at radius 2 is 2.21 bits per heavy atom. The molecule has 1 aromatic rings. The molecule has 0 fully saturated rings. The molecule has 0 aliphatic carbocycles. The maximum Gasteiger partial charge on any atom is 0.319 e. The highest BCUT2D eigenvalue weighted by Gasteiger charge is 2.06. The van der Waals surface area contributed by atoms with Crippen molar-refractivity contribution >= 4 is 11.7 Å². The van der Waals surface area contributed by atoms with E-state index in [4.69, 9.17) is 4.74 Å². The highest BCUT2D eigenvalue weighted by atomic mass is 19.1. The van der Waals surface area contributed by atoms with Crippen LogP contribution in [-0.4, -0.2) is 20.2 Å². The Bertz CT molecular complexity index is 342. The monoisotopic (exact) mass is 198 g/mol. The van der Waals surface area contributed by atoms with Crippen molar-refractivity contribution in [2.45, 2.75) is 0 Å². The number of benzene rings is 1. The van der Waals surface area contributed by atoms with Crippen LogP contribution in [-0.2, 0) is 0 Å². The van der Waals surface area contributed by atoms with Crippen LogP contribution in [0.2, 0.25) is 0 Å². The number of carbonyl (C=O) groups is 1. The molecular weight excluding hydrogens is 187 g/mol. The zero-order chi connectivity index (χ0) is 10.6. The van der Waals surface area contributed by atoms with Gasteiger partial charge in [-0.1, -0.05) is 0 Å². The summed E-state index contributed by atoms with van der Waals surface area (Å²) in [5.41, 5.74) is 0.424. The van der Waals surface area contributed by atoms with E-state index in [1.807, 2.05) is 0 Å². The van der Waals surface area contributed by atoms with Crippen molar-refractivity contribution in [3.63, 3.8) is 0 Å². The Morgan fingerprint density at radius 1 is 1.50 bits per heavy atom. The normalized spacial score (nSPS) is 9.36. The van der Waals surface area contributed by atoms with E-state index in [0.29, 0.717) is 5.69 Å². The minimum Gasteiger partial charge on any atom is -0.494 e. The predicted octanol–water partition coefficient (Wildman–Crippen LogP) is 1.59. The van der Waals surface area contributed by atoms with Crippen molar-refractivity contribution in [3.8, 4) is 5.75 Å². The van der Waals surface area contributed by atoms with E-state index >= 15 is 0 Å². The van der Waals surface area contributed by atoms with E-state index in [1.165, 1.54) is 32.4 Å². The molecule has 0 aliphatic rings. The standard InChI is InChI=1S/C9H11FN2O2/c1-11-9(13)12-7-4-3-6(10)5-8(7)14-2/h3-5H,1-2H3,(H2,11,12,13). The molecule has 0 unspecified atom stereocenters. The summed E-state index contributed by atoms with van der Waals surface area (Å²) < 4.78 is 17.6. The fraction of sp³-hybridized carbons (Fsp3) is 0.222. The molecule has 2 N–H and O–H groups in total. The van der Waals surface area contributed by atoms with Crippen LogP contribution in [0.3, 0.4) is 0 Å². The molecule has 0 spiro atoms. The number of anilines is 1. The lowest BCUT2D eigenvalue weighted by molar-refractivity contribution is 0.254. The van der Waals surface area contributed by atoms with Gasteiger partial charge >= 0.3 is 6.03 Å². The molecule has 1 rings (SSSR count). The van der Waals surface area contributed by atoms with E-state index in [9.17, 15) is 9.18 Å². The van der Waals surface area contributed by atoms with Gasteiger partial charge in [0, 0.05) is 13.1 Å². The number of methoxy groups -OCH3 is 1. The summed E-state index contributed by atoms with van der Waals surface area (Å²) in [5, 5.41) is 4.88. The number of urea groups is 1. The first kappa shape index (κ1) is 10.3. The lowest BCUT2D eigenvalue weighted by Gasteiger charge is -2.09. The Kier molecular flexibility index (Phi) is 3.28. The van der Waals surface area contributed by atoms with Gasteiger partial charge in [0.25, 0.3) is 0 Å². The largest absolute Gasteiger partial charge is 0.494 e. The van der Waals surface area contributed by atoms with E-state index < -0.39 is 5.82 Å². The molecule has 1 aromatic carbocycles. The number of nitrogens with one attached hydrogen (secondary N) is 2. The number of halogens is 1. The van der Waals surface area contributed by atoms with Gasteiger partial charge in [0.1, 0.15) is 11.6 Å². The van der Waals surface area contributed by atoms with E-state index in [-0.39, 0.29) is 11.8 Å². The van der Waals surface area contributed by atoms with Crippen LogP contribution >= 0.6 is 0 Å². The number of carbonyl (C=O) groups excluding carboxylic acids is 1. The van der Waals surface area contributed by atoms with E-state index in [1.54, 1.807) is 0 Å². The first-order valence-electron chi connectivity index (χ1n) is 3.99. The topological polar surface area (TPSA) is 50.4 Å². The molecule has 0 aromatic heterocycles. The third kappa shape index (κ3) is 2.35. The van der Waals surface area contributed by atoms with Crippen molar-refractivity contribution in [2.24, 2.45) is 0 Å². The SMILES string of the molecule is CNC(=O)Nc1ccc(F)cc1OC. The van der Waals surface area contributed by atoms with Crippen LogP contribution in [0.25, 0.3) is 0 Å². The maximum absolute atomic E-state index is 12.7. The molecule has 0 atom stereocenters. The molecular formula is C9H11FN2O2. The summed E-state index contributed by atoms with van der Waals surface area (Å²) in [7, 11) is 2.90. The van der Waals surface area contributed by atoms with Crippen molar-refractivity contribution < 1.29 is 13.9 Å². The second kappa shape index (κ2) is 4.45. The first-order valence-corrected chi connectivity index (χ1v) is 3.99. The average Bonchev–Trinajstić information content (AvgIpc) is 2.20. The number of rotatable bonds is 2. The molecule has 4 nitrogen and oxygen atoms in total. The minimum absolute atomic E-state index is 0.286. The van der Waals surface area contributed by atoms with Crippen LogP contribution in [0.5, 0.6) is 5.75 Å². The molecule has 0 radical (unpaired) electrons. The van der Waals surface area contributed by atoms with Crippen LogP contribution in [0.4, 0.5) is 14.9 Å². The van der Waals surface area contributed by atoms with Gasteiger partial charge in [-0.3, -0.25) is 0 Å². The third-order valence-electron chi connectivity index (χ3n) is 1.64. The number of ether oxygens (including phenoxy) is 1.